The first-order chi connectivity index (χ1) is 18.1. The van der Waals surface area contributed by atoms with E-state index < -0.39 is 18.1 Å². The summed E-state index contributed by atoms with van der Waals surface area (Å²) in [6, 6.07) is 20.5. The molecule has 0 radical (unpaired) electrons. The van der Waals surface area contributed by atoms with Crippen LogP contribution >= 0.6 is 0 Å². The molecule has 0 unspecified atom stereocenters. The number of aromatic nitrogens is 3. The van der Waals surface area contributed by atoms with Crippen molar-refractivity contribution in [2.24, 2.45) is 0 Å². The molecule has 3 aromatic carbocycles. The first-order valence-corrected chi connectivity index (χ1v) is 11.7. The lowest BCUT2D eigenvalue weighted by molar-refractivity contribution is 0.0600. The molecule has 0 bridgehead atoms. The fourth-order valence-electron chi connectivity index (χ4n) is 4.95. The summed E-state index contributed by atoms with van der Waals surface area (Å²) in [7, 11) is 4.62. The molecule has 2 aliphatic heterocycles. The van der Waals surface area contributed by atoms with Crippen molar-refractivity contribution in [2.75, 3.05) is 26.6 Å². The van der Waals surface area contributed by atoms with E-state index in [9.17, 15) is 4.79 Å². The number of fused-ring (bicyclic) bond motifs is 3. The smallest absolute Gasteiger partial charge is 0.337 e. The highest BCUT2D eigenvalue weighted by atomic mass is 16.5. The van der Waals surface area contributed by atoms with Crippen LogP contribution in [-0.2, 0) is 4.74 Å². The number of carbonyl (C=O) groups is 1. The maximum Gasteiger partial charge on any atom is 0.337 e. The zero-order chi connectivity index (χ0) is 25.5. The topological polar surface area (TPSA) is 96.7 Å². The van der Waals surface area contributed by atoms with Gasteiger partial charge in [0.2, 0.25) is 5.95 Å². The van der Waals surface area contributed by atoms with Gasteiger partial charge in [0.25, 0.3) is 0 Å². The van der Waals surface area contributed by atoms with Gasteiger partial charge in [-0.05, 0) is 42.0 Å². The van der Waals surface area contributed by atoms with Crippen LogP contribution < -0.4 is 19.5 Å². The largest absolute Gasteiger partial charge is 0.497 e. The molecule has 1 aromatic heterocycles. The van der Waals surface area contributed by atoms with Gasteiger partial charge in [-0.25, -0.2) is 9.48 Å². The number of carbonyl (C=O) groups excluding carboxylic acids is 1. The summed E-state index contributed by atoms with van der Waals surface area (Å²) >= 11 is 0. The van der Waals surface area contributed by atoms with Gasteiger partial charge in [0.15, 0.2) is 0 Å². The van der Waals surface area contributed by atoms with Crippen LogP contribution in [0.15, 0.2) is 78.6 Å². The Bertz CT molecular complexity index is 1530. The van der Waals surface area contributed by atoms with E-state index in [2.05, 4.69) is 15.4 Å². The molecule has 186 valence electrons. The third kappa shape index (κ3) is 3.67. The Labute approximate surface area is 213 Å². The molecule has 2 aliphatic rings. The molecule has 1 N–H and O–H groups in total. The molecule has 0 saturated heterocycles. The van der Waals surface area contributed by atoms with Crippen LogP contribution in [-0.4, -0.2) is 42.1 Å². The fraction of sp³-hybridized carbons (Fsp3) is 0.179. The van der Waals surface area contributed by atoms with E-state index in [-0.39, 0.29) is 0 Å². The molecule has 9 nitrogen and oxygen atoms in total. The molecule has 0 aliphatic carbocycles. The molecule has 6 rings (SSSR count). The molecule has 9 heteroatoms. The van der Waals surface area contributed by atoms with Crippen LogP contribution in [0.1, 0.15) is 39.2 Å². The number of para-hydroxylation sites is 1. The molecular weight excluding hydrogens is 472 g/mol. The lowest BCUT2D eigenvalue weighted by Crippen LogP contribution is -2.32. The number of hydrogen-bond donors (Lipinski definition) is 1. The van der Waals surface area contributed by atoms with Crippen molar-refractivity contribution in [3.63, 3.8) is 0 Å². The second-order valence-electron chi connectivity index (χ2n) is 8.60. The van der Waals surface area contributed by atoms with Crippen LogP contribution in [0.5, 0.6) is 17.2 Å². The van der Waals surface area contributed by atoms with E-state index in [1.807, 2.05) is 59.3 Å². The van der Waals surface area contributed by atoms with Gasteiger partial charge in [0.05, 0.1) is 32.6 Å². The minimum Gasteiger partial charge on any atom is -0.497 e. The Morgan fingerprint density at radius 2 is 1.81 bits per heavy atom. The van der Waals surface area contributed by atoms with Gasteiger partial charge >= 0.3 is 5.97 Å². The maximum absolute atomic E-state index is 12.0. The summed E-state index contributed by atoms with van der Waals surface area (Å²) in [4.78, 5) is 16.5. The van der Waals surface area contributed by atoms with Crippen molar-refractivity contribution in [1.82, 2.24) is 14.8 Å². The third-order valence-corrected chi connectivity index (χ3v) is 6.69. The maximum atomic E-state index is 12.0. The molecule has 37 heavy (non-hydrogen) atoms. The summed E-state index contributed by atoms with van der Waals surface area (Å²) in [5, 5.41) is 8.04. The van der Waals surface area contributed by atoms with Gasteiger partial charge in [0, 0.05) is 22.8 Å². The van der Waals surface area contributed by atoms with Crippen LogP contribution in [0.3, 0.4) is 0 Å². The summed E-state index contributed by atoms with van der Waals surface area (Å²) in [5.41, 5.74) is 4.97. The second-order valence-corrected chi connectivity index (χ2v) is 8.60. The predicted molar refractivity (Wildman–Crippen MR) is 136 cm³/mol. The van der Waals surface area contributed by atoms with E-state index in [0.29, 0.717) is 23.0 Å². The van der Waals surface area contributed by atoms with E-state index in [1.165, 1.54) is 13.4 Å². The molecular formula is C28H24N4O5. The number of anilines is 1. The SMILES string of the molecule is COC(=O)c1ccc([C@H]2Oc3ccccc3C3=C2[C@@H](c2ccc(OC)cc2OC)n2ncnc2N3)cc1. The van der Waals surface area contributed by atoms with Crippen molar-refractivity contribution in [3.8, 4) is 17.2 Å². The van der Waals surface area contributed by atoms with Crippen LogP contribution in [0.4, 0.5) is 5.95 Å². The van der Waals surface area contributed by atoms with Gasteiger partial charge < -0.3 is 24.3 Å². The Morgan fingerprint density at radius 3 is 2.57 bits per heavy atom. The average Bonchev–Trinajstić information content (AvgIpc) is 3.43. The molecule has 4 aromatic rings. The summed E-state index contributed by atoms with van der Waals surface area (Å²) in [6.07, 6.45) is 1.04. The molecule has 2 atom stereocenters. The van der Waals surface area contributed by atoms with E-state index >= 15 is 0 Å². The van der Waals surface area contributed by atoms with Crippen molar-refractivity contribution in [2.45, 2.75) is 12.1 Å². The number of esters is 1. The normalized spacial score (nSPS) is 17.5. The number of nitrogens with zero attached hydrogens (tertiary/aromatic N) is 3. The van der Waals surface area contributed by atoms with Gasteiger partial charge in [-0.3, -0.25) is 0 Å². The quantitative estimate of drug-likeness (QED) is 0.399. The Kier molecular flexibility index (Phi) is 5.52. The van der Waals surface area contributed by atoms with Gasteiger partial charge in [-0.2, -0.15) is 10.1 Å². The van der Waals surface area contributed by atoms with Crippen LogP contribution in [0.25, 0.3) is 5.70 Å². The van der Waals surface area contributed by atoms with Crippen LogP contribution in [0.2, 0.25) is 0 Å². The molecule has 0 spiro atoms. The van der Waals surface area contributed by atoms with Gasteiger partial charge in [0.1, 0.15) is 35.7 Å². The lowest BCUT2D eigenvalue weighted by Gasteiger charge is -2.39. The molecule has 0 fully saturated rings. The number of rotatable bonds is 5. The Hall–Kier alpha value is -4.79. The van der Waals surface area contributed by atoms with E-state index in [1.54, 1.807) is 26.4 Å². The number of nitrogens with one attached hydrogen (secondary N) is 1. The average molecular weight is 497 g/mol. The number of benzene rings is 3. The molecule has 3 heterocycles. The number of methoxy groups -OCH3 is 3. The summed E-state index contributed by atoms with van der Waals surface area (Å²) in [5.74, 6) is 2.29. The monoisotopic (exact) mass is 496 g/mol. The van der Waals surface area contributed by atoms with Crippen molar-refractivity contribution in [3.05, 3.63) is 101 Å². The van der Waals surface area contributed by atoms with Crippen molar-refractivity contribution in [1.29, 1.82) is 0 Å². The summed E-state index contributed by atoms with van der Waals surface area (Å²) in [6.45, 7) is 0. The zero-order valence-corrected chi connectivity index (χ0v) is 20.5. The Morgan fingerprint density at radius 1 is 1.00 bits per heavy atom. The van der Waals surface area contributed by atoms with Crippen LogP contribution in [0, 0.1) is 0 Å². The highest BCUT2D eigenvalue weighted by Gasteiger charge is 2.42. The molecule has 0 saturated carbocycles. The second kappa shape index (κ2) is 9.02. The fourth-order valence-corrected chi connectivity index (χ4v) is 4.95. The van der Waals surface area contributed by atoms with Gasteiger partial charge in [-0.15, -0.1) is 0 Å². The predicted octanol–water partition coefficient (Wildman–Crippen LogP) is 4.64. The van der Waals surface area contributed by atoms with Crippen molar-refractivity contribution < 1.29 is 23.7 Å². The minimum absolute atomic E-state index is 0.395. The first kappa shape index (κ1) is 22.7. The highest BCUT2D eigenvalue weighted by Crippen LogP contribution is 2.52. The number of hydrogen-bond acceptors (Lipinski definition) is 8. The van der Waals surface area contributed by atoms with E-state index in [4.69, 9.17) is 18.9 Å². The zero-order valence-electron chi connectivity index (χ0n) is 20.5. The number of ether oxygens (including phenoxy) is 4. The first-order valence-electron chi connectivity index (χ1n) is 11.7. The van der Waals surface area contributed by atoms with Crippen molar-refractivity contribution >= 4 is 17.6 Å². The summed E-state index contributed by atoms with van der Waals surface area (Å²) < 4.78 is 24.6. The van der Waals surface area contributed by atoms with Gasteiger partial charge in [-0.1, -0.05) is 24.3 Å². The lowest BCUT2D eigenvalue weighted by atomic mass is 9.84. The highest BCUT2D eigenvalue weighted by molar-refractivity contribution is 5.89. The molecule has 0 amide bonds. The minimum atomic E-state index is -0.488. The third-order valence-electron chi connectivity index (χ3n) is 6.69. The Balaban J connectivity index is 1.58. The standard InChI is InChI=1S/C28H24N4O5/c1-34-18-12-13-20(22(14-18)35-2)25-23-24(31-28-29-15-30-32(25)28)19-6-4-5-7-21(19)37-26(23)16-8-10-17(11-9-16)27(33)36-3/h4-15,25-26H,1-3H3,(H,29,30,31)/t25-,26-/m1/s1. The van der Waals surface area contributed by atoms with E-state index in [0.717, 1.165) is 33.7 Å².